The number of hydrogen-bond donors (Lipinski definition) is 1. The van der Waals surface area contributed by atoms with E-state index in [1.165, 1.54) is 6.92 Å². The molecule has 1 aliphatic heterocycles. The molecule has 0 bridgehead atoms. The van der Waals surface area contributed by atoms with E-state index in [0.29, 0.717) is 0 Å². The summed E-state index contributed by atoms with van der Waals surface area (Å²) in [5, 5.41) is 9.04. The van der Waals surface area contributed by atoms with E-state index < -0.39 is 54.1 Å². The number of alkyl halides is 10. The Morgan fingerprint density at radius 2 is 1.62 bits per heavy atom. The number of carbonyl (C=O) groups excluding carboxylic acids is 1. The molecule has 1 N–H and O–H groups in total. The highest BCUT2D eigenvalue weighted by atomic mass is 19.4. The lowest BCUT2D eigenvalue weighted by Gasteiger charge is -2.42. The van der Waals surface area contributed by atoms with Gasteiger partial charge >= 0.3 is 36.0 Å². The van der Waals surface area contributed by atoms with Crippen molar-refractivity contribution < 1.29 is 63.3 Å². The lowest BCUT2D eigenvalue weighted by molar-refractivity contribution is -0.428. The Morgan fingerprint density at radius 3 is 1.92 bits per heavy atom. The second kappa shape index (κ2) is 6.11. The summed E-state index contributed by atoms with van der Waals surface area (Å²) in [5.41, 5.74) is -5.47. The standard InChI is InChI=1S/C12H12F10O4/c1-3-5(2)6(23)26-7(9(15,16)11(17,18)19)4-25-10(24,8(7,13)14)12(20,21)22/h5,24H,3-4H2,1-2H3. The third-order valence-corrected chi connectivity index (χ3v) is 3.95. The van der Waals surface area contributed by atoms with Crippen LogP contribution < -0.4 is 0 Å². The van der Waals surface area contributed by atoms with Crippen molar-refractivity contribution >= 4 is 5.97 Å². The Hall–Kier alpha value is -1.31. The number of rotatable bonds is 4. The van der Waals surface area contributed by atoms with Crippen LogP contribution in [0.3, 0.4) is 0 Å². The number of hydrogen-bond acceptors (Lipinski definition) is 4. The van der Waals surface area contributed by atoms with Crippen LogP contribution >= 0.6 is 0 Å². The number of carbonyl (C=O) groups is 1. The largest absolute Gasteiger partial charge is 0.458 e. The third kappa shape index (κ3) is 2.80. The summed E-state index contributed by atoms with van der Waals surface area (Å²) in [4.78, 5) is 11.6. The van der Waals surface area contributed by atoms with Crippen molar-refractivity contribution in [3.63, 3.8) is 0 Å². The van der Waals surface area contributed by atoms with Gasteiger partial charge in [-0.3, -0.25) is 4.79 Å². The van der Waals surface area contributed by atoms with Crippen LogP contribution in [0.25, 0.3) is 0 Å². The quantitative estimate of drug-likeness (QED) is 0.570. The predicted molar refractivity (Wildman–Crippen MR) is 61.2 cm³/mol. The zero-order valence-corrected chi connectivity index (χ0v) is 12.9. The average Bonchev–Trinajstić information content (AvgIpc) is 2.67. The van der Waals surface area contributed by atoms with Crippen molar-refractivity contribution in [3.05, 3.63) is 0 Å². The molecule has 1 rings (SSSR count). The maximum Gasteiger partial charge on any atom is 0.458 e. The van der Waals surface area contributed by atoms with Gasteiger partial charge < -0.3 is 14.6 Å². The summed E-state index contributed by atoms with van der Waals surface area (Å²) in [6, 6.07) is 0. The summed E-state index contributed by atoms with van der Waals surface area (Å²) in [5.74, 6) is -22.4. The minimum Gasteiger partial charge on any atom is -0.443 e. The van der Waals surface area contributed by atoms with Crippen molar-refractivity contribution in [2.45, 2.75) is 55.9 Å². The Bertz CT molecular complexity index is 557. The fourth-order valence-corrected chi connectivity index (χ4v) is 2.03. The summed E-state index contributed by atoms with van der Waals surface area (Å²) < 4.78 is 139. The van der Waals surface area contributed by atoms with E-state index in [0.717, 1.165) is 6.92 Å². The van der Waals surface area contributed by atoms with E-state index in [9.17, 15) is 48.7 Å². The molecule has 0 amide bonds. The van der Waals surface area contributed by atoms with Crippen molar-refractivity contribution in [3.8, 4) is 0 Å². The molecule has 3 unspecified atom stereocenters. The molecule has 1 heterocycles. The van der Waals surface area contributed by atoms with Gasteiger partial charge in [-0.1, -0.05) is 13.8 Å². The normalized spacial score (nSPS) is 31.0. The van der Waals surface area contributed by atoms with Gasteiger partial charge in [0.15, 0.2) is 0 Å². The van der Waals surface area contributed by atoms with Crippen molar-refractivity contribution in [1.29, 1.82) is 0 Å². The maximum absolute atomic E-state index is 14.2. The second-order valence-corrected chi connectivity index (χ2v) is 5.63. The Balaban J connectivity index is 3.67. The first-order valence-electron chi connectivity index (χ1n) is 6.80. The summed E-state index contributed by atoms with van der Waals surface area (Å²) in [6.07, 6.45) is -13.6. The van der Waals surface area contributed by atoms with Gasteiger partial charge in [0.05, 0.1) is 5.92 Å². The van der Waals surface area contributed by atoms with Crippen molar-refractivity contribution in [1.82, 2.24) is 0 Å². The monoisotopic (exact) mass is 410 g/mol. The zero-order valence-electron chi connectivity index (χ0n) is 12.9. The van der Waals surface area contributed by atoms with Gasteiger partial charge in [-0.15, -0.1) is 0 Å². The van der Waals surface area contributed by atoms with E-state index in [1.54, 1.807) is 0 Å². The highest BCUT2D eigenvalue weighted by Crippen LogP contribution is 2.62. The van der Waals surface area contributed by atoms with E-state index in [2.05, 4.69) is 9.47 Å². The van der Waals surface area contributed by atoms with Crippen LogP contribution in [-0.4, -0.2) is 53.3 Å². The first kappa shape index (κ1) is 22.7. The molecule has 0 aromatic heterocycles. The lowest BCUT2D eigenvalue weighted by Crippen LogP contribution is -2.73. The van der Waals surface area contributed by atoms with Gasteiger partial charge in [0.2, 0.25) is 0 Å². The molecular formula is C12H12F10O4. The first-order chi connectivity index (χ1) is 11.3. The van der Waals surface area contributed by atoms with Crippen molar-refractivity contribution in [2.75, 3.05) is 6.61 Å². The predicted octanol–water partition coefficient (Wildman–Crippen LogP) is 3.43. The molecular weight excluding hydrogens is 398 g/mol. The second-order valence-electron chi connectivity index (χ2n) is 5.63. The zero-order chi connectivity index (χ0) is 21.0. The molecule has 1 aliphatic rings. The van der Waals surface area contributed by atoms with E-state index in [-0.39, 0.29) is 6.42 Å². The van der Waals surface area contributed by atoms with Crippen LogP contribution in [0.15, 0.2) is 0 Å². The van der Waals surface area contributed by atoms with Crippen LogP contribution in [0.4, 0.5) is 43.9 Å². The fraction of sp³-hybridized carbons (Fsp3) is 0.917. The van der Waals surface area contributed by atoms with Crippen LogP contribution in [0, 0.1) is 5.92 Å². The van der Waals surface area contributed by atoms with Crippen LogP contribution in [0.1, 0.15) is 20.3 Å². The van der Waals surface area contributed by atoms with Crippen LogP contribution in [0.5, 0.6) is 0 Å². The van der Waals surface area contributed by atoms with Crippen LogP contribution in [-0.2, 0) is 14.3 Å². The molecule has 0 radical (unpaired) electrons. The number of ether oxygens (including phenoxy) is 2. The molecule has 0 aliphatic carbocycles. The van der Waals surface area contributed by atoms with Gasteiger partial charge in [0.1, 0.15) is 6.61 Å². The van der Waals surface area contributed by atoms with Gasteiger partial charge in [-0.2, -0.15) is 43.9 Å². The SMILES string of the molecule is CCC(C)C(=O)OC1(C(F)(F)C(F)(F)F)COC(O)(C(F)(F)F)C1(F)F. The lowest BCUT2D eigenvalue weighted by atomic mass is 9.85. The molecule has 4 nitrogen and oxygen atoms in total. The topological polar surface area (TPSA) is 55.8 Å². The van der Waals surface area contributed by atoms with Gasteiger partial charge in [0.25, 0.3) is 5.60 Å². The summed E-state index contributed by atoms with van der Waals surface area (Å²) in [6.45, 7) is -0.661. The first-order valence-corrected chi connectivity index (χ1v) is 6.80. The number of halogens is 10. The third-order valence-electron chi connectivity index (χ3n) is 3.95. The molecule has 0 saturated carbocycles. The van der Waals surface area contributed by atoms with Crippen molar-refractivity contribution in [2.24, 2.45) is 5.92 Å². The number of esters is 1. The number of aliphatic hydroxyl groups is 1. The maximum atomic E-state index is 14.2. The highest BCUT2D eigenvalue weighted by Gasteiger charge is 2.93. The van der Waals surface area contributed by atoms with Gasteiger partial charge in [-0.25, -0.2) is 0 Å². The van der Waals surface area contributed by atoms with E-state index in [1.807, 2.05) is 0 Å². The molecule has 0 aromatic rings. The smallest absolute Gasteiger partial charge is 0.443 e. The molecule has 3 atom stereocenters. The molecule has 0 spiro atoms. The fourth-order valence-electron chi connectivity index (χ4n) is 2.03. The molecule has 0 aromatic carbocycles. The minimum atomic E-state index is -6.85. The molecule has 1 fully saturated rings. The van der Waals surface area contributed by atoms with Gasteiger partial charge in [-0.05, 0) is 6.42 Å². The highest BCUT2D eigenvalue weighted by molar-refractivity contribution is 5.73. The van der Waals surface area contributed by atoms with Crippen LogP contribution in [0.2, 0.25) is 0 Å². The minimum absolute atomic E-state index is 0.275. The Morgan fingerprint density at radius 1 is 1.15 bits per heavy atom. The average molecular weight is 410 g/mol. The molecule has 154 valence electrons. The Labute approximate surface area is 139 Å². The van der Waals surface area contributed by atoms with Gasteiger partial charge in [0, 0.05) is 0 Å². The summed E-state index contributed by atoms with van der Waals surface area (Å²) >= 11 is 0. The Kier molecular flexibility index (Phi) is 5.34. The molecule has 14 heteroatoms. The van der Waals surface area contributed by atoms with E-state index in [4.69, 9.17) is 5.11 Å². The summed E-state index contributed by atoms with van der Waals surface area (Å²) in [7, 11) is 0. The molecule has 1 saturated heterocycles. The van der Waals surface area contributed by atoms with E-state index >= 15 is 0 Å². The molecule has 26 heavy (non-hydrogen) atoms.